The Bertz CT molecular complexity index is 1880. The molecule has 3 aromatic carbocycles. The lowest BCUT2D eigenvalue weighted by molar-refractivity contribution is 0.0342. The molecule has 4 heterocycles. The fourth-order valence-corrected chi connectivity index (χ4v) is 6.11. The highest BCUT2D eigenvalue weighted by molar-refractivity contribution is 6.02. The Hall–Kier alpha value is -4.66. The summed E-state index contributed by atoms with van der Waals surface area (Å²) in [5.74, 6) is -0.693. The second-order valence-electron chi connectivity index (χ2n) is 10.9. The summed E-state index contributed by atoms with van der Waals surface area (Å²) in [5, 5.41) is 15.9. The van der Waals surface area contributed by atoms with Gasteiger partial charge in [-0.25, -0.2) is 4.39 Å². The lowest BCUT2D eigenvalue weighted by Gasteiger charge is -2.26. The third-order valence-corrected chi connectivity index (χ3v) is 8.19. The quantitative estimate of drug-likeness (QED) is 0.227. The Morgan fingerprint density at radius 1 is 0.952 bits per heavy atom. The van der Waals surface area contributed by atoms with E-state index in [1.165, 1.54) is 17.7 Å². The van der Waals surface area contributed by atoms with E-state index in [-0.39, 0.29) is 11.8 Å². The molecule has 7 rings (SSSR count). The van der Waals surface area contributed by atoms with Gasteiger partial charge in [-0.2, -0.15) is 5.10 Å². The van der Waals surface area contributed by atoms with Crippen molar-refractivity contribution in [3.05, 3.63) is 108 Å². The number of anilines is 1. The van der Waals surface area contributed by atoms with Crippen LogP contribution in [0.2, 0.25) is 0 Å². The highest BCUT2D eigenvalue weighted by atomic mass is 19.1. The predicted molar refractivity (Wildman–Crippen MR) is 164 cm³/mol. The third kappa shape index (κ3) is 4.68. The van der Waals surface area contributed by atoms with Crippen molar-refractivity contribution in [3.63, 3.8) is 0 Å². The molecule has 6 aromatic rings. The van der Waals surface area contributed by atoms with Crippen molar-refractivity contribution in [1.82, 2.24) is 19.1 Å². The standard InChI is InChI=1S/C34H32FN5O2/c1-22(40-31-7-4-6-30(36)32(31)33(37-40)25-17-26(35)19-28(41)18-25)29-20-27-5-2-3-12-39(27)34(29)24-10-8-23(9-11-24)21-38-13-15-42-16-14-38/h2-12,17-20,22,41H,13-16,21,36H2,1H3. The molecule has 0 bridgehead atoms. The van der Waals surface area contributed by atoms with Gasteiger partial charge >= 0.3 is 0 Å². The molecule has 0 aliphatic carbocycles. The number of pyridine rings is 1. The van der Waals surface area contributed by atoms with E-state index in [1.54, 1.807) is 0 Å². The fourth-order valence-electron chi connectivity index (χ4n) is 6.11. The molecule has 1 saturated heterocycles. The number of phenolic OH excluding ortho intramolecular Hbond substituents is 1. The molecular weight excluding hydrogens is 529 g/mol. The minimum atomic E-state index is -0.534. The molecular formula is C34H32FN5O2. The van der Waals surface area contributed by atoms with Gasteiger partial charge in [-0.3, -0.25) is 9.58 Å². The highest BCUT2D eigenvalue weighted by Gasteiger charge is 2.24. The van der Waals surface area contributed by atoms with Crippen LogP contribution in [0.25, 0.3) is 38.9 Å². The number of hydrogen-bond acceptors (Lipinski definition) is 5. The average molecular weight is 562 g/mol. The number of morpholine rings is 1. The van der Waals surface area contributed by atoms with Gasteiger partial charge in [0.15, 0.2) is 0 Å². The zero-order valence-corrected chi connectivity index (χ0v) is 23.4. The van der Waals surface area contributed by atoms with Gasteiger partial charge in [-0.1, -0.05) is 36.4 Å². The molecule has 1 fully saturated rings. The predicted octanol–water partition coefficient (Wildman–Crippen LogP) is 6.49. The maximum absolute atomic E-state index is 14.3. The van der Waals surface area contributed by atoms with Gasteiger partial charge in [-0.15, -0.1) is 0 Å². The van der Waals surface area contributed by atoms with E-state index >= 15 is 0 Å². The SMILES string of the molecule is CC(c1cc2ccccn2c1-c1ccc(CN2CCOCC2)cc1)n1nc(-c2cc(O)cc(F)c2)c2c(N)cccc21. The summed E-state index contributed by atoms with van der Waals surface area (Å²) < 4.78 is 24.0. The normalized spacial score (nSPS) is 15.0. The van der Waals surface area contributed by atoms with Crippen LogP contribution in [0.4, 0.5) is 10.1 Å². The second kappa shape index (κ2) is 10.6. The molecule has 7 nitrogen and oxygen atoms in total. The van der Waals surface area contributed by atoms with Gasteiger partial charge in [0, 0.05) is 54.2 Å². The lowest BCUT2D eigenvalue weighted by Crippen LogP contribution is -2.35. The molecule has 1 atom stereocenters. The Morgan fingerprint density at radius 2 is 1.76 bits per heavy atom. The van der Waals surface area contributed by atoms with Crippen molar-refractivity contribution in [2.75, 3.05) is 32.0 Å². The zero-order chi connectivity index (χ0) is 28.8. The van der Waals surface area contributed by atoms with Crippen LogP contribution in [-0.2, 0) is 11.3 Å². The summed E-state index contributed by atoms with van der Waals surface area (Å²) in [7, 11) is 0. The summed E-state index contributed by atoms with van der Waals surface area (Å²) >= 11 is 0. The summed E-state index contributed by atoms with van der Waals surface area (Å²) in [6.07, 6.45) is 2.09. The van der Waals surface area contributed by atoms with Crippen LogP contribution in [0.15, 0.2) is 91.1 Å². The van der Waals surface area contributed by atoms with Gasteiger partial charge in [-0.05, 0) is 60.5 Å². The van der Waals surface area contributed by atoms with Crippen molar-refractivity contribution in [1.29, 1.82) is 0 Å². The smallest absolute Gasteiger partial charge is 0.127 e. The number of ether oxygens (including phenoxy) is 1. The molecule has 0 saturated carbocycles. The van der Waals surface area contributed by atoms with Crippen LogP contribution in [0.5, 0.6) is 5.75 Å². The Morgan fingerprint density at radius 3 is 2.55 bits per heavy atom. The van der Waals surface area contributed by atoms with Crippen LogP contribution in [0.3, 0.4) is 0 Å². The molecule has 42 heavy (non-hydrogen) atoms. The number of hydrogen-bond donors (Lipinski definition) is 2. The number of fused-ring (bicyclic) bond motifs is 2. The van der Waals surface area contributed by atoms with E-state index in [0.29, 0.717) is 16.9 Å². The van der Waals surface area contributed by atoms with Gasteiger partial charge in [0.05, 0.1) is 35.9 Å². The maximum Gasteiger partial charge on any atom is 0.127 e. The van der Waals surface area contributed by atoms with Crippen molar-refractivity contribution >= 4 is 22.1 Å². The number of aromatic nitrogens is 3. The Kier molecular flexibility index (Phi) is 6.64. The third-order valence-electron chi connectivity index (χ3n) is 8.19. The first kappa shape index (κ1) is 26.3. The molecule has 1 unspecified atom stereocenters. The number of benzene rings is 3. The zero-order valence-electron chi connectivity index (χ0n) is 23.4. The first-order chi connectivity index (χ1) is 20.5. The van der Waals surface area contributed by atoms with Crippen molar-refractivity contribution in [2.45, 2.75) is 19.5 Å². The average Bonchev–Trinajstić information content (AvgIpc) is 3.58. The summed E-state index contributed by atoms with van der Waals surface area (Å²) in [6.45, 7) is 6.49. The molecule has 8 heteroatoms. The first-order valence-corrected chi connectivity index (χ1v) is 14.2. The van der Waals surface area contributed by atoms with Crippen molar-refractivity contribution in [3.8, 4) is 28.3 Å². The lowest BCUT2D eigenvalue weighted by atomic mass is 10.0. The minimum absolute atomic E-state index is 0.159. The molecule has 1 aliphatic rings. The van der Waals surface area contributed by atoms with E-state index in [4.69, 9.17) is 15.6 Å². The molecule has 1 aliphatic heterocycles. The Balaban J connectivity index is 1.34. The number of rotatable bonds is 6. The molecule has 0 spiro atoms. The molecule has 212 valence electrons. The highest BCUT2D eigenvalue weighted by Crippen LogP contribution is 2.39. The topological polar surface area (TPSA) is 81.0 Å². The van der Waals surface area contributed by atoms with Crippen molar-refractivity contribution in [2.24, 2.45) is 0 Å². The van der Waals surface area contributed by atoms with Crippen LogP contribution in [0, 0.1) is 5.82 Å². The molecule has 0 amide bonds. The summed E-state index contributed by atoms with van der Waals surface area (Å²) in [5.41, 5.74) is 14.5. The van der Waals surface area contributed by atoms with Crippen LogP contribution in [0.1, 0.15) is 24.1 Å². The minimum Gasteiger partial charge on any atom is -0.508 e. The molecule has 3 N–H and O–H groups in total. The van der Waals surface area contributed by atoms with Crippen LogP contribution >= 0.6 is 0 Å². The van der Waals surface area contributed by atoms with E-state index in [0.717, 1.165) is 72.2 Å². The van der Waals surface area contributed by atoms with Gasteiger partial charge in [0.2, 0.25) is 0 Å². The number of halogens is 1. The monoisotopic (exact) mass is 561 g/mol. The fraction of sp³-hybridized carbons (Fsp3) is 0.206. The maximum atomic E-state index is 14.3. The van der Waals surface area contributed by atoms with Gasteiger partial charge < -0.3 is 20.0 Å². The number of nitrogens with zero attached hydrogens (tertiary/aromatic N) is 4. The van der Waals surface area contributed by atoms with Crippen LogP contribution in [-0.4, -0.2) is 50.5 Å². The largest absolute Gasteiger partial charge is 0.508 e. The summed E-state index contributed by atoms with van der Waals surface area (Å²) in [4.78, 5) is 2.42. The molecule has 0 radical (unpaired) electrons. The Labute approximate surface area is 243 Å². The van der Waals surface area contributed by atoms with Gasteiger partial charge in [0.1, 0.15) is 17.3 Å². The van der Waals surface area contributed by atoms with Gasteiger partial charge in [0.25, 0.3) is 0 Å². The first-order valence-electron chi connectivity index (χ1n) is 14.2. The number of nitrogens with two attached hydrogens (primary N) is 1. The number of aromatic hydroxyl groups is 1. The van der Waals surface area contributed by atoms with E-state index in [9.17, 15) is 9.50 Å². The summed E-state index contributed by atoms with van der Waals surface area (Å²) in [6, 6.07) is 26.7. The molecule has 3 aromatic heterocycles. The van der Waals surface area contributed by atoms with Crippen molar-refractivity contribution < 1.29 is 14.2 Å². The van der Waals surface area contributed by atoms with E-state index < -0.39 is 5.82 Å². The van der Waals surface area contributed by atoms with Crippen LogP contribution < -0.4 is 5.73 Å². The number of nitrogen functional groups attached to an aromatic ring is 1. The number of phenols is 1. The van der Waals surface area contributed by atoms with E-state index in [1.807, 2.05) is 35.0 Å². The van der Waals surface area contributed by atoms with E-state index in [2.05, 4.69) is 58.8 Å². The second-order valence-corrected chi connectivity index (χ2v) is 10.9.